The van der Waals surface area contributed by atoms with Gasteiger partial charge in [0.25, 0.3) is 0 Å². The normalized spacial score (nSPS) is 16.4. The Morgan fingerprint density at radius 3 is 2.13 bits per heavy atom. The molecule has 1 amide bonds. The predicted molar refractivity (Wildman–Crippen MR) is 124 cm³/mol. The molecule has 0 radical (unpaired) electrons. The number of amides is 1. The second-order valence-electron chi connectivity index (χ2n) is 8.02. The third-order valence-electron chi connectivity index (χ3n) is 5.21. The fourth-order valence-corrected chi connectivity index (χ4v) is 4.80. The largest absolute Gasteiger partial charge is 0.491 e. The van der Waals surface area contributed by atoms with E-state index in [1.54, 1.807) is 48.5 Å². The predicted octanol–water partition coefficient (Wildman–Crippen LogP) is 3.32. The lowest BCUT2D eigenvalue weighted by Crippen LogP contribution is -2.58. The maximum absolute atomic E-state index is 12.9. The van der Waals surface area contributed by atoms with Gasteiger partial charge in [0.1, 0.15) is 5.75 Å². The van der Waals surface area contributed by atoms with Crippen LogP contribution in [0, 0.1) is 6.92 Å². The van der Waals surface area contributed by atoms with E-state index in [4.69, 9.17) is 10.5 Å². The third kappa shape index (κ3) is 5.98. The average molecular weight is 468 g/mol. The third-order valence-corrected chi connectivity index (χ3v) is 7.12. The summed E-state index contributed by atoms with van der Waals surface area (Å²) in [6, 6.07) is 13.9. The summed E-state index contributed by atoms with van der Waals surface area (Å²) >= 11 is 0. The van der Waals surface area contributed by atoms with Crippen molar-refractivity contribution in [3.8, 4) is 5.75 Å². The molecule has 7 nitrogen and oxygen atoms in total. The van der Waals surface area contributed by atoms with Crippen LogP contribution in [-0.4, -0.2) is 43.4 Å². The van der Waals surface area contributed by atoms with Crippen LogP contribution in [-0.2, 0) is 14.8 Å². The van der Waals surface area contributed by atoms with E-state index in [-0.39, 0.29) is 55.2 Å². The quantitative estimate of drug-likeness (QED) is 0.678. The van der Waals surface area contributed by atoms with Gasteiger partial charge in [0.2, 0.25) is 15.9 Å². The van der Waals surface area contributed by atoms with Gasteiger partial charge in [-0.1, -0.05) is 17.7 Å². The van der Waals surface area contributed by atoms with E-state index in [2.05, 4.69) is 5.32 Å². The smallest absolute Gasteiger partial charge is 0.244 e. The van der Waals surface area contributed by atoms with Gasteiger partial charge in [0, 0.05) is 18.8 Å². The SMILES string of the molecule is Cc1ccc(S(=O)(=O)N2CCC(N)(C(=O)Nc3ccc(OC(C)C)cc3)CC2)cc1.Cl. The summed E-state index contributed by atoms with van der Waals surface area (Å²) in [5.41, 5.74) is 6.85. The minimum Gasteiger partial charge on any atom is -0.491 e. The van der Waals surface area contributed by atoms with E-state index in [9.17, 15) is 13.2 Å². The molecule has 0 aromatic heterocycles. The van der Waals surface area contributed by atoms with E-state index in [1.807, 2.05) is 20.8 Å². The van der Waals surface area contributed by atoms with Crippen molar-refractivity contribution in [2.24, 2.45) is 5.73 Å². The number of ether oxygens (including phenoxy) is 1. The van der Waals surface area contributed by atoms with E-state index in [0.717, 1.165) is 11.3 Å². The van der Waals surface area contributed by atoms with Crippen LogP contribution in [0.4, 0.5) is 5.69 Å². The lowest BCUT2D eigenvalue weighted by atomic mass is 9.88. The van der Waals surface area contributed by atoms with Crippen LogP contribution < -0.4 is 15.8 Å². The molecule has 0 aliphatic carbocycles. The molecule has 2 aromatic rings. The number of carbonyl (C=O) groups is 1. The molecule has 0 spiro atoms. The van der Waals surface area contributed by atoms with Gasteiger partial charge in [-0.2, -0.15) is 4.31 Å². The highest BCUT2D eigenvalue weighted by molar-refractivity contribution is 7.89. The van der Waals surface area contributed by atoms with Crippen molar-refractivity contribution in [2.45, 2.75) is 50.2 Å². The molecule has 0 unspecified atom stereocenters. The molecule has 1 aliphatic rings. The Bertz CT molecular complexity index is 984. The van der Waals surface area contributed by atoms with Crippen molar-refractivity contribution >= 4 is 34.0 Å². The highest BCUT2D eigenvalue weighted by Gasteiger charge is 2.41. The molecular formula is C22H30ClN3O4S. The van der Waals surface area contributed by atoms with Crippen LogP contribution in [0.1, 0.15) is 32.3 Å². The number of nitrogens with zero attached hydrogens (tertiary/aromatic N) is 1. The standard InChI is InChI=1S/C22H29N3O4S.ClH/c1-16(2)29-19-8-6-18(7-9-19)24-21(26)22(23)12-14-25(15-13-22)30(27,28)20-10-4-17(3)5-11-20;/h4-11,16H,12-15,23H2,1-3H3,(H,24,26);1H. The second-order valence-corrected chi connectivity index (χ2v) is 9.96. The number of rotatable bonds is 6. The number of halogens is 1. The lowest BCUT2D eigenvalue weighted by molar-refractivity contribution is -0.122. The van der Waals surface area contributed by atoms with Gasteiger partial charge >= 0.3 is 0 Å². The molecular weight excluding hydrogens is 438 g/mol. The summed E-state index contributed by atoms with van der Waals surface area (Å²) in [5, 5.41) is 2.84. The number of nitrogens with one attached hydrogen (secondary N) is 1. The molecule has 1 saturated heterocycles. The first-order chi connectivity index (χ1) is 14.1. The fourth-order valence-electron chi connectivity index (χ4n) is 3.36. The van der Waals surface area contributed by atoms with Gasteiger partial charge in [0.15, 0.2) is 0 Å². The maximum atomic E-state index is 12.9. The summed E-state index contributed by atoms with van der Waals surface area (Å²) in [6.07, 6.45) is 0.566. The maximum Gasteiger partial charge on any atom is 0.244 e. The molecule has 170 valence electrons. The average Bonchev–Trinajstić information content (AvgIpc) is 2.70. The Balaban J connectivity index is 0.00000341. The molecule has 1 aliphatic heterocycles. The molecule has 1 fully saturated rings. The van der Waals surface area contributed by atoms with Crippen LogP contribution in [0.3, 0.4) is 0 Å². The van der Waals surface area contributed by atoms with E-state index in [0.29, 0.717) is 5.69 Å². The highest BCUT2D eigenvalue weighted by atomic mass is 35.5. The zero-order valence-corrected chi connectivity index (χ0v) is 19.6. The van der Waals surface area contributed by atoms with E-state index in [1.165, 1.54) is 4.31 Å². The topological polar surface area (TPSA) is 102 Å². The number of sulfonamides is 1. The van der Waals surface area contributed by atoms with Crippen LogP contribution >= 0.6 is 12.4 Å². The Morgan fingerprint density at radius 2 is 1.61 bits per heavy atom. The number of carbonyl (C=O) groups excluding carboxylic acids is 1. The van der Waals surface area contributed by atoms with Crippen molar-refractivity contribution in [1.82, 2.24) is 4.31 Å². The molecule has 0 bridgehead atoms. The molecule has 31 heavy (non-hydrogen) atoms. The molecule has 1 heterocycles. The minimum absolute atomic E-state index is 0. The monoisotopic (exact) mass is 467 g/mol. The van der Waals surface area contributed by atoms with Crippen LogP contribution in [0.25, 0.3) is 0 Å². The van der Waals surface area contributed by atoms with Crippen molar-refractivity contribution in [3.05, 3.63) is 54.1 Å². The van der Waals surface area contributed by atoms with Gasteiger partial charge < -0.3 is 15.8 Å². The number of nitrogens with two attached hydrogens (primary N) is 1. The van der Waals surface area contributed by atoms with Crippen molar-refractivity contribution in [3.63, 3.8) is 0 Å². The number of anilines is 1. The summed E-state index contributed by atoms with van der Waals surface area (Å²) in [6.45, 7) is 6.19. The summed E-state index contributed by atoms with van der Waals surface area (Å²) in [4.78, 5) is 13.0. The first-order valence-corrected chi connectivity index (χ1v) is 11.5. The number of hydrogen-bond acceptors (Lipinski definition) is 5. The zero-order chi connectivity index (χ0) is 21.9. The van der Waals surface area contributed by atoms with Crippen LogP contribution in [0.15, 0.2) is 53.4 Å². The Kier molecular flexibility index (Phi) is 8.10. The first kappa shape index (κ1) is 25.1. The van der Waals surface area contributed by atoms with Gasteiger partial charge in [-0.25, -0.2) is 8.42 Å². The Labute approximate surface area is 190 Å². The van der Waals surface area contributed by atoms with Gasteiger partial charge in [-0.15, -0.1) is 12.4 Å². The molecule has 0 atom stereocenters. The van der Waals surface area contributed by atoms with Gasteiger partial charge in [-0.05, 0) is 70.0 Å². The first-order valence-electron chi connectivity index (χ1n) is 10.0. The number of benzene rings is 2. The fraction of sp³-hybridized carbons (Fsp3) is 0.409. The molecule has 3 rings (SSSR count). The molecule has 9 heteroatoms. The number of piperidine rings is 1. The van der Waals surface area contributed by atoms with E-state index < -0.39 is 15.6 Å². The molecule has 0 saturated carbocycles. The van der Waals surface area contributed by atoms with E-state index >= 15 is 0 Å². The van der Waals surface area contributed by atoms with Crippen molar-refractivity contribution in [1.29, 1.82) is 0 Å². The summed E-state index contributed by atoms with van der Waals surface area (Å²) in [7, 11) is -3.60. The second kappa shape index (κ2) is 9.99. The van der Waals surface area contributed by atoms with Gasteiger partial charge in [-0.3, -0.25) is 4.79 Å². The summed E-state index contributed by atoms with van der Waals surface area (Å²) in [5.74, 6) is 0.410. The zero-order valence-electron chi connectivity index (χ0n) is 18.0. The molecule has 2 aromatic carbocycles. The minimum atomic E-state index is -3.60. The van der Waals surface area contributed by atoms with Gasteiger partial charge in [0.05, 0.1) is 16.5 Å². The van der Waals surface area contributed by atoms with Crippen LogP contribution in [0.5, 0.6) is 5.75 Å². The van der Waals surface area contributed by atoms with Crippen molar-refractivity contribution < 1.29 is 17.9 Å². The highest BCUT2D eigenvalue weighted by Crippen LogP contribution is 2.27. The van der Waals surface area contributed by atoms with Crippen molar-refractivity contribution in [2.75, 3.05) is 18.4 Å². The number of hydrogen-bond donors (Lipinski definition) is 2. The molecule has 3 N–H and O–H groups in total. The Hall–Kier alpha value is -2.13. The lowest BCUT2D eigenvalue weighted by Gasteiger charge is -2.37. The Morgan fingerprint density at radius 1 is 1.06 bits per heavy atom. The number of aryl methyl sites for hydroxylation is 1. The van der Waals surface area contributed by atoms with Crippen LogP contribution in [0.2, 0.25) is 0 Å². The summed E-state index contributed by atoms with van der Waals surface area (Å²) < 4.78 is 32.7.